The molecule has 0 aliphatic rings. The molecular formula is C20H25N3O5. The third kappa shape index (κ3) is 6.46. The molecule has 28 heavy (non-hydrogen) atoms. The van der Waals surface area contributed by atoms with Gasteiger partial charge in [-0.3, -0.25) is 0 Å². The summed E-state index contributed by atoms with van der Waals surface area (Å²) in [5, 5.41) is 5.83. The number of hydrogen-bond donors (Lipinski definition) is 2. The van der Waals surface area contributed by atoms with E-state index in [1.165, 1.54) is 20.3 Å². The fraction of sp³-hybridized carbons (Fsp3) is 0.350. The topological polar surface area (TPSA) is 98.8 Å². The van der Waals surface area contributed by atoms with E-state index in [0.29, 0.717) is 17.9 Å². The summed E-state index contributed by atoms with van der Waals surface area (Å²) in [5.41, 5.74) is 1.37. The summed E-state index contributed by atoms with van der Waals surface area (Å²) in [6, 6.07) is 10.5. The van der Waals surface area contributed by atoms with Gasteiger partial charge in [0.05, 0.1) is 19.8 Å². The Morgan fingerprint density at radius 1 is 1.11 bits per heavy atom. The fourth-order valence-electron chi connectivity index (χ4n) is 2.30. The first-order valence-electron chi connectivity index (χ1n) is 8.67. The van der Waals surface area contributed by atoms with E-state index in [2.05, 4.69) is 15.6 Å². The molecule has 8 heteroatoms. The number of methoxy groups -OCH3 is 2. The van der Waals surface area contributed by atoms with Crippen LogP contribution in [0.25, 0.3) is 0 Å². The van der Waals surface area contributed by atoms with E-state index in [4.69, 9.17) is 14.2 Å². The normalized spacial score (nSPS) is 10.8. The zero-order chi connectivity index (χ0) is 20.7. The number of nitrogens with one attached hydrogen (secondary N) is 2. The van der Waals surface area contributed by atoms with Gasteiger partial charge >= 0.3 is 12.1 Å². The first-order chi connectivity index (χ1) is 13.2. The lowest BCUT2D eigenvalue weighted by Crippen LogP contribution is -2.32. The van der Waals surface area contributed by atoms with Crippen molar-refractivity contribution >= 4 is 23.6 Å². The number of carbonyl (C=O) groups is 2. The SMILES string of the molecule is COC(=O)c1cc(Nc2cccc(CNC(=O)OC(C)(C)C)c2)nc(OC)c1. The quantitative estimate of drug-likeness (QED) is 0.730. The van der Waals surface area contributed by atoms with Gasteiger partial charge in [0.15, 0.2) is 0 Å². The molecule has 0 atom stereocenters. The van der Waals surface area contributed by atoms with Crippen LogP contribution in [0.15, 0.2) is 36.4 Å². The monoisotopic (exact) mass is 387 g/mol. The first-order valence-corrected chi connectivity index (χ1v) is 8.67. The summed E-state index contributed by atoms with van der Waals surface area (Å²) in [5.74, 6) is 0.226. The zero-order valence-electron chi connectivity index (χ0n) is 16.7. The van der Waals surface area contributed by atoms with E-state index in [9.17, 15) is 9.59 Å². The third-order valence-electron chi connectivity index (χ3n) is 3.47. The van der Waals surface area contributed by atoms with Crippen LogP contribution in [0, 0.1) is 0 Å². The number of aromatic nitrogens is 1. The van der Waals surface area contributed by atoms with Crippen molar-refractivity contribution in [3.05, 3.63) is 47.5 Å². The predicted octanol–water partition coefficient (Wildman–Crippen LogP) is 3.65. The molecular weight excluding hydrogens is 362 g/mol. The zero-order valence-corrected chi connectivity index (χ0v) is 16.7. The molecule has 1 aromatic heterocycles. The molecule has 150 valence electrons. The number of alkyl carbamates (subject to hydrolysis) is 1. The highest BCUT2D eigenvalue weighted by molar-refractivity contribution is 5.90. The molecule has 8 nitrogen and oxygen atoms in total. The van der Waals surface area contributed by atoms with Crippen LogP contribution in [0.5, 0.6) is 5.88 Å². The minimum absolute atomic E-state index is 0.285. The van der Waals surface area contributed by atoms with Gasteiger partial charge in [-0.1, -0.05) is 12.1 Å². The number of benzene rings is 1. The van der Waals surface area contributed by atoms with Crippen molar-refractivity contribution in [1.82, 2.24) is 10.3 Å². The van der Waals surface area contributed by atoms with Crippen LogP contribution in [0.3, 0.4) is 0 Å². The summed E-state index contributed by atoms with van der Waals surface area (Å²) in [6.45, 7) is 5.73. The van der Waals surface area contributed by atoms with Gasteiger partial charge in [0, 0.05) is 18.3 Å². The molecule has 0 aliphatic heterocycles. The van der Waals surface area contributed by atoms with Crippen LogP contribution in [0.1, 0.15) is 36.7 Å². The smallest absolute Gasteiger partial charge is 0.407 e. The van der Waals surface area contributed by atoms with Crippen molar-refractivity contribution in [3.63, 3.8) is 0 Å². The number of nitrogens with zero attached hydrogens (tertiary/aromatic N) is 1. The average Bonchev–Trinajstić information content (AvgIpc) is 2.64. The van der Waals surface area contributed by atoms with Crippen molar-refractivity contribution < 1.29 is 23.8 Å². The van der Waals surface area contributed by atoms with E-state index < -0.39 is 17.7 Å². The largest absolute Gasteiger partial charge is 0.481 e. The number of pyridine rings is 1. The molecule has 0 spiro atoms. The summed E-state index contributed by atoms with van der Waals surface area (Å²) >= 11 is 0. The van der Waals surface area contributed by atoms with Gasteiger partial charge in [-0.05, 0) is 44.5 Å². The summed E-state index contributed by atoms with van der Waals surface area (Å²) in [6.07, 6.45) is -0.483. The highest BCUT2D eigenvalue weighted by Gasteiger charge is 2.16. The van der Waals surface area contributed by atoms with Crippen LogP contribution in [0.4, 0.5) is 16.3 Å². The Morgan fingerprint density at radius 3 is 2.50 bits per heavy atom. The molecule has 0 radical (unpaired) electrons. The Labute approximate surface area is 164 Å². The standard InChI is InChI=1S/C20H25N3O5/c1-20(2,3)28-19(25)21-12-13-7-6-8-15(9-13)22-16-10-14(18(24)27-5)11-17(23-16)26-4/h6-11H,12H2,1-5H3,(H,21,25)(H,22,23). The van der Waals surface area contributed by atoms with Crippen LogP contribution in [-0.2, 0) is 16.0 Å². The van der Waals surface area contributed by atoms with Gasteiger partial charge in [-0.25, -0.2) is 9.59 Å². The van der Waals surface area contributed by atoms with Gasteiger partial charge in [0.25, 0.3) is 0 Å². The second-order valence-electron chi connectivity index (χ2n) is 6.96. The molecule has 0 unspecified atom stereocenters. The Balaban J connectivity index is 2.10. The molecule has 0 fully saturated rings. The predicted molar refractivity (Wildman–Crippen MR) is 105 cm³/mol. The Hall–Kier alpha value is -3.29. The molecule has 0 bridgehead atoms. The van der Waals surface area contributed by atoms with Gasteiger partial charge in [-0.2, -0.15) is 4.98 Å². The van der Waals surface area contributed by atoms with Gasteiger partial charge in [0.1, 0.15) is 11.4 Å². The van der Waals surface area contributed by atoms with Gasteiger partial charge in [-0.15, -0.1) is 0 Å². The van der Waals surface area contributed by atoms with Gasteiger partial charge < -0.3 is 24.8 Å². The van der Waals surface area contributed by atoms with Crippen molar-refractivity contribution in [3.8, 4) is 5.88 Å². The van der Waals surface area contributed by atoms with Gasteiger partial charge in [0.2, 0.25) is 5.88 Å². The minimum atomic E-state index is -0.553. The summed E-state index contributed by atoms with van der Waals surface area (Å²) in [4.78, 5) is 27.9. The molecule has 0 saturated carbocycles. The van der Waals surface area contributed by atoms with E-state index in [1.54, 1.807) is 26.8 Å². The summed E-state index contributed by atoms with van der Waals surface area (Å²) < 4.78 is 15.1. The second kappa shape index (κ2) is 9.07. The lowest BCUT2D eigenvalue weighted by Gasteiger charge is -2.19. The van der Waals surface area contributed by atoms with E-state index in [0.717, 1.165) is 11.3 Å². The molecule has 0 aliphatic carbocycles. The number of anilines is 2. The maximum Gasteiger partial charge on any atom is 0.407 e. The van der Waals surface area contributed by atoms with Crippen molar-refractivity contribution in [2.45, 2.75) is 32.9 Å². The molecule has 1 aromatic carbocycles. The average molecular weight is 387 g/mol. The van der Waals surface area contributed by atoms with Crippen LogP contribution in [0.2, 0.25) is 0 Å². The number of carbonyl (C=O) groups excluding carboxylic acids is 2. The summed E-state index contributed by atoms with van der Waals surface area (Å²) in [7, 11) is 2.78. The minimum Gasteiger partial charge on any atom is -0.481 e. The molecule has 2 N–H and O–H groups in total. The molecule has 2 aromatic rings. The fourth-order valence-corrected chi connectivity index (χ4v) is 2.30. The number of rotatable bonds is 6. The highest BCUT2D eigenvalue weighted by atomic mass is 16.6. The van der Waals surface area contributed by atoms with E-state index in [-0.39, 0.29) is 5.88 Å². The highest BCUT2D eigenvalue weighted by Crippen LogP contribution is 2.21. The number of hydrogen-bond acceptors (Lipinski definition) is 7. The first kappa shape index (κ1) is 21.0. The maximum absolute atomic E-state index is 11.8. The number of ether oxygens (including phenoxy) is 3. The molecule has 1 heterocycles. The molecule has 0 saturated heterocycles. The Bertz CT molecular complexity index is 846. The molecule has 1 amide bonds. The lowest BCUT2D eigenvalue weighted by molar-refractivity contribution is 0.0522. The third-order valence-corrected chi connectivity index (χ3v) is 3.47. The molecule has 2 rings (SSSR count). The Kier molecular flexibility index (Phi) is 6.81. The van der Waals surface area contributed by atoms with Crippen LogP contribution in [-0.4, -0.2) is 36.9 Å². The number of esters is 1. The van der Waals surface area contributed by atoms with E-state index >= 15 is 0 Å². The Morgan fingerprint density at radius 2 is 1.86 bits per heavy atom. The van der Waals surface area contributed by atoms with Crippen LogP contribution >= 0.6 is 0 Å². The second-order valence-corrected chi connectivity index (χ2v) is 6.96. The number of amides is 1. The van der Waals surface area contributed by atoms with Crippen molar-refractivity contribution in [2.24, 2.45) is 0 Å². The lowest BCUT2D eigenvalue weighted by atomic mass is 10.2. The van der Waals surface area contributed by atoms with E-state index in [1.807, 2.05) is 24.3 Å². The van der Waals surface area contributed by atoms with Crippen LogP contribution < -0.4 is 15.4 Å². The van der Waals surface area contributed by atoms with Crippen molar-refractivity contribution in [1.29, 1.82) is 0 Å². The van der Waals surface area contributed by atoms with Crippen molar-refractivity contribution in [2.75, 3.05) is 19.5 Å². The maximum atomic E-state index is 11.8.